The van der Waals surface area contributed by atoms with Crippen LogP contribution in [0.2, 0.25) is 5.28 Å². The van der Waals surface area contributed by atoms with E-state index in [2.05, 4.69) is 9.97 Å². The lowest BCUT2D eigenvalue weighted by atomic mass is 10.1. The van der Waals surface area contributed by atoms with Crippen molar-refractivity contribution in [3.05, 3.63) is 29.2 Å². The lowest BCUT2D eigenvalue weighted by molar-refractivity contribution is 1.03. The van der Waals surface area contributed by atoms with E-state index in [1.54, 1.807) is 0 Å². The van der Waals surface area contributed by atoms with E-state index in [-0.39, 0.29) is 5.28 Å². The summed E-state index contributed by atoms with van der Waals surface area (Å²) in [5, 5.41) is 1.24. The van der Waals surface area contributed by atoms with Crippen molar-refractivity contribution in [2.45, 2.75) is 13.3 Å². The monoisotopic (exact) mass is 207 g/mol. The van der Waals surface area contributed by atoms with Crippen molar-refractivity contribution in [3.63, 3.8) is 0 Å². The summed E-state index contributed by atoms with van der Waals surface area (Å²) in [5.41, 5.74) is 8.12. The van der Waals surface area contributed by atoms with Crippen LogP contribution in [-0.2, 0) is 6.42 Å². The van der Waals surface area contributed by atoms with Gasteiger partial charge in [-0.05, 0) is 24.1 Å². The van der Waals surface area contributed by atoms with Crippen LogP contribution in [0.3, 0.4) is 0 Å². The first-order chi connectivity index (χ1) is 6.72. The third-order valence-corrected chi connectivity index (χ3v) is 2.31. The highest BCUT2D eigenvalue weighted by Gasteiger charge is 2.06. The highest BCUT2D eigenvalue weighted by molar-refractivity contribution is 6.28. The molecule has 0 aliphatic carbocycles. The Bertz CT molecular complexity index is 482. The van der Waals surface area contributed by atoms with Crippen LogP contribution in [0.4, 0.5) is 5.69 Å². The second kappa shape index (κ2) is 3.42. The Kier molecular flexibility index (Phi) is 2.25. The summed E-state index contributed by atoms with van der Waals surface area (Å²) in [6, 6.07) is 5.67. The zero-order chi connectivity index (χ0) is 10.1. The average Bonchev–Trinajstić information content (AvgIpc) is 2.18. The number of anilines is 1. The van der Waals surface area contributed by atoms with Gasteiger partial charge in [-0.2, -0.15) is 0 Å². The third kappa shape index (κ3) is 1.40. The quantitative estimate of drug-likeness (QED) is 0.577. The molecule has 0 aliphatic heterocycles. The van der Waals surface area contributed by atoms with Crippen LogP contribution < -0.4 is 5.73 Å². The van der Waals surface area contributed by atoms with Crippen molar-refractivity contribution < 1.29 is 0 Å². The summed E-state index contributed by atoms with van der Waals surface area (Å²) in [4.78, 5) is 8.27. The van der Waals surface area contributed by atoms with E-state index in [1.807, 2.05) is 25.1 Å². The molecular weight excluding hydrogens is 198 g/mol. The van der Waals surface area contributed by atoms with Crippen LogP contribution in [0.25, 0.3) is 10.9 Å². The summed E-state index contributed by atoms with van der Waals surface area (Å²) in [6.07, 6.45) is 0.822. The van der Waals surface area contributed by atoms with Gasteiger partial charge in [-0.1, -0.05) is 19.1 Å². The summed E-state index contributed by atoms with van der Waals surface area (Å²) >= 11 is 5.80. The molecule has 2 rings (SSSR count). The Hall–Kier alpha value is -1.35. The number of halogens is 1. The van der Waals surface area contributed by atoms with Gasteiger partial charge in [-0.15, -0.1) is 0 Å². The molecule has 3 nitrogen and oxygen atoms in total. The molecule has 2 aromatic rings. The number of aromatic nitrogens is 2. The number of nitrogen functional groups attached to an aromatic ring is 1. The van der Waals surface area contributed by atoms with E-state index in [4.69, 9.17) is 17.3 Å². The molecule has 1 aromatic carbocycles. The second-order valence-electron chi connectivity index (χ2n) is 3.04. The molecule has 0 fully saturated rings. The molecule has 1 aromatic heterocycles. The number of rotatable bonds is 1. The molecule has 2 N–H and O–H groups in total. The van der Waals surface area contributed by atoms with Crippen molar-refractivity contribution in [1.82, 2.24) is 9.97 Å². The van der Waals surface area contributed by atoms with Crippen LogP contribution in [0.5, 0.6) is 0 Å². The average molecular weight is 208 g/mol. The fourth-order valence-electron chi connectivity index (χ4n) is 1.48. The van der Waals surface area contributed by atoms with Gasteiger partial charge in [-0.25, -0.2) is 9.97 Å². The van der Waals surface area contributed by atoms with E-state index in [9.17, 15) is 0 Å². The van der Waals surface area contributed by atoms with Crippen LogP contribution in [0, 0.1) is 0 Å². The van der Waals surface area contributed by atoms with Gasteiger partial charge >= 0.3 is 0 Å². The van der Waals surface area contributed by atoms with Gasteiger partial charge in [0.05, 0.1) is 16.9 Å². The Labute approximate surface area is 86.9 Å². The number of fused-ring (bicyclic) bond motifs is 1. The number of nitrogens with two attached hydrogens (primary N) is 1. The van der Waals surface area contributed by atoms with Crippen molar-refractivity contribution in [1.29, 1.82) is 0 Å². The molecule has 0 saturated carbocycles. The number of nitrogens with zero attached hydrogens (tertiary/aromatic N) is 2. The first kappa shape index (κ1) is 9.21. The second-order valence-corrected chi connectivity index (χ2v) is 3.37. The highest BCUT2D eigenvalue weighted by Crippen LogP contribution is 2.22. The van der Waals surface area contributed by atoms with Crippen molar-refractivity contribution in [2.24, 2.45) is 0 Å². The number of para-hydroxylation sites is 1. The zero-order valence-electron chi connectivity index (χ0n) is 7.79. The Balaban J connectivity index is 2.87. The molecule has 14 heavy (non-hydrogen) atoms. The normalized spacial score (nSPS) is 10.7. The first-order valence-electron chi connectivity index (χ1n) is 4.43. The molecular formula is C10H10ClN3. The number of hydrogen-bond donors (Lipinski definition) is 1. The minimum Gasteiger partial charge on any atom is -0.397 e. The van der Waals surface area contributed by atoms with E-state index in [0.29, 0.717) is 5.69 Å². The van der Waals surface area contributed by atoms with Crippen LogP contribution in [0.15, 0.2) is 18.2 Å². The molecule has 1 heterocycles. The SMILES string of the molecule is CCc1nc(Cl)nc2c(N)cccc12. The van der Waals surface area contributed by atoms with Gasteiger partial charge in [0.25, 0.3) is 0 Å². The van der Waals surface area contributed by atoms with Gasteiger partial charge in [0.15, 0.2) is 0 Å². The lowest BCUT2D eigenvalue weighted by Gasteiger charge is -2.05. The molecule has 0 unspecified atom stereocenters. The Morgan fingerprint density at radius 2 is 2.14 bits per heavy atom. The van der Waals surface area contributed by atoms with Crippen molar-refractivity contribution in [3.8, 4) is 0 Å². The standard InChI is InChI=1S/C10H10ClN3/c1-2-8-6-4-3-5-7(12)9(6)14-10(11)13-8/h3-5H,2,12H2,1H3. The lowest BCUT2D eigenvalue weighted by Crippen LogP contribution is -1.96. The van der Waals surface area contributed by atoms with Crippen LogP contribution >= 0.6 is 11.6 Å². The summed E-state index contributed by atoms with van der Waals surface area (Å²) in [5.74, 6) is 0. The maximum Gasteiger partial charge on any atom is 0.223 e. The van der Waals surface area contributed by atoms with E-state index in [0.717, 1.165) is 23.0 Å². The van der Waals surface area contributed by atoms with E-state index in [1.165, 1.54) is 0 Å². The minimum atomic E-state index is 0.257. The molecule has 0 amide bonds. The molecule has 0 bridgehead atoms. The summed E-state index contributed by atoms with van der Waals surface area (Å²) < 4.78 is 0. The zero-order valence-corrected chi connectivity index (χ0v) is 8.54. The Morgan fingerprint density at radius 3 is 2.86 bits per heavy atom. The van der Waals surface area contributed by atoms with Gasteiger partial charge in [0.2, 0.25) is 5.28 Å². The largest absolute Gasteiger partial charge is 0.397 e. The number of hydrogen-bond acceptors (Lipinski definition) is 3. The molecule has 72 valence electrons. The van der Waals surface area contributed by atoms with Crippen LogP contribution in [0.1, 0.15) is 12.6 Å². The van der Waals surface area contributed by atoms with Crippen molar-refractivity contribution in [2.75, 3.05) is 5.73 Å². The molecule has 0 aliphatic rings. The fourth-order valence-corrected chi connectivity index (χ4v) is 1.66. The molecule has 4 heteroatoms. The molecule has 0 radical (unpaired) electrons. The third-order valence-electron chi connectivity index (χ3n) is 2.14. The number of aryl methyl sites for hydroxylation is 1. The minimum absolute atomic E-state index is 0.257. The van der Waals surface area contributed by atoms with Crippen molar-refractivity contribution >= 4 is 28.2 Å². The van der Waals surface area contributed by atoms with Gasteiger partial charge in [-0.3, -0.25) is 0 Å². The maximum atomic E-state index is 5.80. The molecule has 0 atom stereocenters. The van der Waals surface area contributed by atoms with Gasteiger partial charge in [0, 0.05) is 5.39 Å². The predicted octanol–water partition coefficient (Wildman–Crippen LogP) is 2.43. The van der Waals surface area contributed by atoms with Gasteiger partial charge < -0.3 is 5.73 Å². The Morgan fingerprint density at radius 1 is 1.36 bits per heavy atom. The highest BCUT2D eigenvalue weighted by atomic mass is 35.5. The fraction of sp³-hybridized carbons (Fsp3) is 0.200. The first-order valence-corrected chi connectivity index (χ1v) is 4.80. The summed E-state index contributed by atoms with van der Waals surface area (Å²) in [6.45, 7) is 2.03. The number of benzene rings is 1. The molecule has 0 saturated heterocycles. The van der Waals surface area contributed by atoms with E-state index < -0.39 is 0 Å². The predicted molar refractivity (Wildman–Crippen MR) is 58.3 cm³/mol. The van der Waals surface area contributed by atoms with Crippen LogP contribution in [-0.4, -0.2) is 9.97 Å². The topological polar surface area (TPSA) is 51.8 Å². The maximum absolute atomic E-state index is 5.80. The summed E-state index contributed by atoms with van der Waals surface area (Å²) in [7, 11) is 0. The molecule has 0 spiro atoms. The van der Waals surface area contributed by atoms with E-state index >= 15 is 0 Å². The smallest absolute Gasteiger partial charge is 0.223 e. The van der Waals surface area contributed by atoms with Gasteiger partial charge in [0.1, 0.15) is 0 Å².